The number of amides is 1. The predicted molar refractivity (Wildman–Crippen MR) is 95.8 cm³/mol. The summed E-state index contributed by atoms with van der Waals surface area (Å²) in [7, 11) is 0. The van der Waals surface area contributed by atoms with Gasteiger partial charge in [0.05, 0.1) is 6.26 Å². The molecule has 1 saturated heterocycles. The Morgan fingerprint density at radius 3 is 2.96 bits per heavy atom. The van der Waals surface area contributed by atoms with Gasteiger partial charge in [-0.2, -0.15) is 0 Å². The van der Waals surface area contributed by atoms with Crippen LogP contribution in [0.15, 0.2) is 57.9 Å². The zero-order valence-electron chi connectivity index (χ0n) is 14.3. The molecule has 1 atom stereocenters. The Labute approximate surface area is 151 Å². The smallest absolute Gasteiger partial charge is 0.281 e. The summed E-state index contributed by atoms with van der Waals surface area (Å²) in [6.45, 7) is 2.64. The van der Waals surface area contributed by atoms with Gasteiger partial charge in [0.25, 0.3) is 5.91 Å². The van der Waals surface area contributed by atoms with E-state index in [1.807, 2.05) is 23.1 Å². The minimum atomic E-state index is -0.147. The van der Waals surface area contributed by atoms with E-state index >= 15 is 0 Å². The van der Waals surface area contributed by atoms with E-state index in [1.165, 1.54) is 18.4 Å². The van der Waals surface area contributed by atoms with Crippen molar-refractivity contribution >= 4 is 11.6 Å². The minimum absolute atomic E-state index is 0.147. The minimum Gasteiger partial charge on any atom is -0.461 e. The first-order valence-electron chi connectivity index (χ1n) is 8.92. The van der Waals surface area contributed by atoms with Gasteiger partial charge in [-0.3, -0.25) is 9.69 Å². The third kappa shape index (κ3) is 2.45. The van der Waals surface area contributed by atoms with Crippen LogP contribution in [0.3, 0.4) is 0 Å². The monoisotopic (exact) mass is 349 g/mol. The molecule has 0 radical (unpaired) electrons. The quantitative estimate of drug-likeness (QED) is 0.708. The van der Waals surface area contributed by atoms with Crippen molar-refractivity contribution in [3.05, 3.63) is 60.3 Å². The summed E-state index contributed by atoms with van der Waals surface area (Å²) in [4.78, 5) is 22.0. The van der Waals surface area contributed by atoms with Gasteiger partial charge in [-0.25, -0.2) is 4.98 Å². The summed E-state index contributed by atoms with van der Waals surface area (Å²) in [5.41, 5.74) is 2.43. The van der Waals surface area contributed by atoms with Crippen molar-refractivity contribution in [3.63, 3.8) is 0 Å². The number of nitrogens with zero attached hydrogens (tertiary/aromatic N) is 3. The van der Waals surface area contributed by atoms with Gasteiger partial charge in [0.2, 0.25) is 5.76 Å². The Bertz CT molecular complexity index is 931. The topological polar surface area (TPSA) is 62.7 Å². The van der Waals surface area contributed by atoms with Crippen molar-refractivity contribution in [2.75, 3.05) is 18.0 Å². The average molecular weight is 349 g/mol. The number of aromatic nitrogens is 1. The Morgan fingerprint density at radius 2 is 2.08 bits per heavy atom. The molecule has 6 nitrogen and oxygen atoms in total. The summed E-state index contributed by atoms with van der Waals surface area (Å²) in [5.74, 6) is 0.743. The van der Waals surface area contributed by atoms with E-state index in [0.29, 0.717) is 29.8 Å². The fourth-order valence-corrected chi connectivity index (χ4v) is 4.05. The van der Waals surface area contributed by atoms with Gasteiger partial charge in [0.15, 0.2) is 17.8 Å². The Hall–Kier alpha value is -2.86. The number of rotatable bonds is 2. The highest BCUT2D eigenvalue weighted by Crippen LogP contribution is 2.33. The molecular formula is C20H19N3O3. The van der Waals surface area contributed by atoms with Crippen molar-refractivity contribution < 1.29 is 13.6 Å². The van der Waals surface area contributed by atoms with Crippen LogP contribution in [-0.4, -0.2) is 34.9 Å². The number of carbonyl (C=O) groups excluding carboxylic acids is 1. The van der Waals surface area contributed by atoms with Crippen LogP contribution in [-0.2, 0) is 6.54 Å². The van der Waals surface area contributed by atoms with Gasteiger partial charge in [-0.15, -0.1) is 0 Å². The van der Waals surface area contributed by atoms with E-state index in [1.54, 1.807) is 18.4 Å². The number of anilines is 1. The highest BCUT2D eigenvalue weighted by atomic mass is 16.4. The highest BCUT2D eigenvalue weighted by molar-refractivity contribution is 6.08. The molecule has 132 valence electrons. The fraction of sp³-hybridized carbons (Fsp3) is 0.300. The molecule has 26 heavy (non-hydrogen) atoms. The lowest BCUT2D eigenvalue weighted by atomic mass is 10.1. The molecule has 2 aliphatic heterocycles. The van der Waals surface area contributed by atoms with E-state index in [4.69, 9.17) is 8.83 Å². The molecule has 0 aliphatic carbocycles. The summed E-state index contributed by atoms with van der Waals surface area (Å²) >= 11 is 0. The van der Waals surface area contributed by atoms with Crippen LogP contribution in [0.25, 0.3) is 11.5 Å². The van der Waals surface area contributed by atoms with Crippen molar-refractivity contribution in [1.29, 1.82) is 0 Å². The molecule has 0 saturated carbocycles. The van der Waals surface area contributed by atoms with Gasteiger partial charge in [-0.1, -0.05) is 18.2 Å². The van der Waals surface area contributed by atoms with Crippen LogP contribution in [0.1, 0.15) is 28.9 Å². The number of furan rings is 1. The lowest BCUT2D eigenvalue weighted by Gasteiger charge is -2.26. The SMILES string of the molecule is O=C(c1ncoc1-c1ccco1)N1CC2CCCN2Cc2ccccc21. The molecule has 2 aliphatic rings. The summed E-state index contributed by atoms with van der Waals surface area (Å²) in [5, 5.41) is 0. The van der Waals surface area contributed by atoms with Crippen molar-refractivity contribution in [2.45, 2.75) is 25.4 Å². The molecule has 0 N–H and O–H groups in total. The van der Waals surface area contributed by atoms with Gasteiger partial charge >= 0.3 is 0 Å². The van der Waals surface area contributed by atoms with Crippen molar-refractivity contribution in [3.8, 4) is 11.5 Å². The molecule has 6 heteroatoms. The Morgan fingerprint density at radius 1 is 1.15 bits per heavy atom. The third-order valence-corrected chi connectivity index (χ3v) is 5.31. The van der Waals surface area contributed by atoms with E-state index in [0.717, 1.165) is 25.2 Å². The number of carbonyl (C=O) groups is 1. The molecule has 2 aromatic heterocycles. The van der Waals surface area contributed by atoms with E-state index in [-0.39, 0.29) is 5.91 Å². The second-order valence-electron chi connectivity index (χ2n) is 6.82. The molecule has 1 unspecified atom stereocenters. The lowest BCUT2D eigenvalue weighted by Crippen LogP contribution is -2.40. The maximum Gasteiger partial charge on any atom is 0.281 e. The first kappa shape index (κ1) is 15.4. The number of oxazole rings is 1. The number of fused-ring (bicyclic) bond motifs is 2. The van der Waals surface area contributed by atoms with E-state index in [2.05, 4.69) is 16.0 Å². The molecule has 0 spiro atoms. The number of para-hydroxylation sites is 1. The molecule has 1 amide bonds. The first-order valence-corrected chi connectivity index (χ1v) is 8.92. The fourth-order valence-electron chi connectivity index (χ4n) is 4.05. The highest BCUT2D eigenvalue weighted by Gasteiger charge is 2.35. The third-order valence-electron chi connectivity index (χ3n) is 5.31. The molecular weight excluding hydrogens is 330 g/mol. The molecule has 1 aromatic carbocycles. The second kappa shape index (κ2) is 6.14. The average Bonchev–Trinajstić information content (AvgIpc) is 3.40. The van der Waals surface area contributed by atoms with E-state index in [9.17, 15) is 4.79 Å². The summed E-state index contributed by atoms with van der Waals surface area (Å²) < 4.78 is 10.9. The van der Waals surface area contributed by atoms with Crippen LogP contribution in [0.5, 0.6) is 0 Å². The zero-order valence-corrected chi connectivity index (χ0v) is 14.3. The maximum atomic E-state index is 13.4. The Kier molecular flexibility index (Phi) is 3.64. The van der Waals surface area contributed by atoms with Crippen LogP contribution >= 0.6 is 0 Å². The summed E-state index contributed by atoms with van der Waals surface area (Å²) in [6.07, 6.45) is 5.15. The predicted octanol–water partition coefficient (Wildman–Crippen LogP) is 3.56. The lowest BCUT2D eigenvalue weighted by molar-refractivity contribution is 0.0976. The number of hydrogen-bond acceptors (Lipinski definition) is 5. The van der Waals surface area contributed by atoms with Gasteiger partial charge < -0.3 is 13.7 Å². The van der Waals surface area contributed by atoms with Gasteiger partial charge in [-0.05, 0) is 43.1 Å². The Balaban J connectivity index is 1.57. The van der Waals surface area contributed by atoms with Gasteiger partial charge in [0, 0.05) is 24.8 Å². The molecule has 4 heterocycles. The van der Waals surface area contributed by atoms with Crippen LogP contribution in [0.2, 0.25) is 0 Å². The standard InChI is InChI=1S/C20H19N3O3/c24-20(18-19(26-13-21-18)17-8-4-10-25-17)23-12-15-6-3-9-22(15)11-14-5-1-2-7-16(14)23/h1-2,4-5,7-8,10,13,15H,3,6,9,11-12H2. The normalized spacial score (nSPS) is 19.8. The summed E-state index contributed by atoms with van der Waals surface area (Å²) in [6, 6.07) is 12.0. The maximum absolute atomic E-state index is 13.4. The van der Waals surface area contributed by atoms with Crippen molar-refractivity contribution in [2.24, 2.45) is 0 Å². The second-order valence-corrected chi connectivity index (χ2v) is 6.82. The van der Waals surface area contributed by atoms with Crippen molar-refractivity contribution in [1.82, 2.24) is 9.88 Å². The molecule has 0 bridgehead atoms. The molecule has 1 fully saturated rings. The largest absolute Gasteiger partial charge is 0.461 e. The van der Waals surface area contributed by atoms with Crippen LogP contribution < -0.4 is 4.90 Å². The van der Waals surface area contributed by atoms with Crippen LogP contribution in [0, 0.1) is 0 Å². The number of benzene rings is 1. The molecule has 3 aromatic rings. The number of hydrogen-bond donors (Lipinski definition) is 0. The molecule has 5 rings (SSSR count). The van der Waals surface area contributed by atoms with Crippen LogP contribution in [0.4, 0.5) is 5.69 Å². The first-order chi connectivity index (χ1) is 12.8. The van der Waals surface area contributed by atoms with Gasteiger partial charge in [0.1, 0.15) is 0 Å². The zero-order chi connectivity index (χ0) is 17.5. The van der Waals surface area contributed by atoms with E-state index < -0.39 is 0 Å².